The van der Waals surface area contributed by atoms with Crippen molar-refractivity contribution >= 4 is 5.91 Å². The first-order chi connectivity index (χ1) is 11.3. The zero-order valence-electron chi connectivity index (χ0n) is 13.0. The van der Waals surface area contributed by atoms with Crippen molar-refractivity contribution in [2.75, 3.05) is 19.8 Å². The summed E-state index contributed by atoms with van der Waals surface area (Å²) in [5, 5.41) is 2.87. The highest BCUT2D eigenvalue weighted by Crippen LogP contribution is 2.30. The molecule has 1 N–H and O–H groups in total. The van der Waals surface area contributed by atoms with Crippen LogP contribution >= 0.6 is 0 Å². The molecule has 0 bridgehead atoms. The molecule has 5 nitrogen and oxygen atoms in total. The zero-order valence-corrected chi connectivity index (χ0v) is 13.0. The third-order valence-electron chi connectivity index (χ3n) is 3.49. The Balaban J connectivity index is 1.53. The normalized spacial score (nSPS) is 15.8. The van der Waals surface area contributed by atoms with Crippen molar-refractivity contribution in [2.24, 2.45) is 0 Å². The lowest BCUT2D eigenvalue weighted by Crippen LogP contribution is -2.40. The molecule has 0 saturated carbocycles. The van der Waals surface area contributed by atoms with Gasteiger partial charge in [0.15, 0.2) is 11.5 Å². The number of para-hydroxylation sites is 2. The number of benzene rings is 2. The first-order valence-corrected chi connectivity index (χ1v) is 7.66. The number of amides is 1. The highest BCUT2D eigenvalue weighted by atomic mass is 16.6. The Labute approximate surface area is 135 Å². The SMILES string of the molecule is CCOc1ccc(C(=O)NC[C@@H]2COc3ccccc3O2)cc1. The summed E-state index contributed by atoms with van der Waals surface area (Å²) in [7, 11) is 0. The van der Waals surface area contributed by atoms with E-state index >= 15 is 0 Å². The number of rotatable bonds is 5. The molecule has 1 atom stereocenters. The highest BCUT2D eigenvalue weighted by Gasteiger charge is 2.21. The van der Waals surface area contributed by atoms with Crippen LogP contribution in [0.15, 0.2) is 48.5 Å². The molecule has 1 amide bonds. The molecule has 5 heteroatoms. The van der Waals surface area contributed by atoms with Gasteiger partial charge in [-0.05, 0) is 43.3 Å². The minimum absolute atomic E-state index is 0.143. The molecule has 120 valence electrons. The van der Waals surface area contributed by atoms with E-state index in [1.54, 1.807) is 24.3 Å². The molecule has 1 heterocycles. The van der Waals surface area contributed by atoms with Crippen LogP contribution in [0.2, 0.25) is 0 Å². The summed E-state index contributed by atoms with van der Waals surface area (Å²) in [4.78, 5) is 12.2. The van der Waals surface area contributed by atoms with E-state index in [1.807, 2.05) is 31.2 Å². The standard InChI is InChI=1S/C18H19NO4/c1-2-21-14-9-7-13(8-10-14)18(20)19-11-15-12-22-16-5-3-4-6-17(16)23-15/h3-10,15H,2,11-12H2,1H3,(H,19,20)/t15-/m1/s1. The lowest BCUT2D eigenvalue weighted by molar-refractivity contribution is 0.0789. The average molecular weight is 313 g/mol. The van der Waals surface area contributed by atoms with E-state index in [0.29, 0.717) is 31.1 Å². The van der Waals surface area contributed by atoms with Gasteiger partial charge in [-0.15, -0.1) is 0 Å². The van der Waals surface area contributed by atoms with Gasteiger partial charge in [0.2, 0.25) is 0 Å². The maximum absolute atomic E-state index is 12.2. The summed E-state index contributed by atoms with van der Waals surface area (Å²) < 4.78 is 16.8. The van der Waals surface area contributed by atoms with Crippen molar-refractivity contribution in [3.05, 3.63) is 54.1 Å². The minimum Gasteiger partial charge on any atom is -0.494 e. The second-order valence-electron chi connectivity index (χ2n) is 5.17. The molecule has 0 radical (unpaired) electrons. The third-order valence-corrected chi connectivity index (χ3v) is 3.49. The van der Waals surface area contributed by atoms with Crippen LogP contribution in [0.3, 0.4) is 0 Å². The molecular formula is C18H19NO4. The molecule has 2 aromatic carbocycles. The van der Waals surface area contributed by atoms with E-state index in [-0.39, 0.29) is 12.0 Å². The van der Waals surface area contributed by atoms with E-state index in [1.165, 1.54) is 0 Å². The number of carbonyl (C=O) groups is 1. The van der Waals surface area contributed by atoms with Gasteiger partial charge in [-0.2, -0.15) is 0 Å². The Morgan fingerprint density at radius 3 is 2.65 bits per heavy atom. The lowest BCUT2D eigenvalue weighted by Gasteiger charge is -2.26. The number of carbonyl (C=O) groups excluding carboxylic acids is 1. The van der Waals surface area contributed by atoms with E-state index in [4.69, 9.17) is 14.2 Å². The molecule has 0 aromatic heterocycles. The Hall–Kier alpha value is -2.69. The van der Waals surface area contributed by atoms with Crippen LogP contribution < -0.4 is 19.5 Å². The van der Waals surface area contributed by atoms with Crippen LogP contribution in [0.5, 0.6) is 17.2 Å². The van der Waals surface area contributed by atoms with Crippen molar-refractivity contribution in [2.45, 2.75) is 13.0 Å². The molecule has 1 aliphatic rings. The van der Waals surface area contributed by atoms with Crippen LogP contribution in [0, 0.1) is 0 Å². The summed E-state index contributed by atoms with van der Waals surface area (Å²) in [5.74, 6) is 2.06. The molecule has 3 rings (SSSR count). The van der Waals surface area contributed by atoms with Crippen LogP contribution in [-0.2, 0) is 0 Å². The Morgan fingerprint density at radius 1 is 1.17 bits per heavy atom. The predicted molar refractivity (Wildman–Crippen MR) is 86.3 cm³/mol. The van der Waals surface area contributed by atoms with Crippen molar-refractivity contribution in [1.29, 1.82) is 0 Å². The Kier molecular flexibility index (Phi) is 4.66. The highest BCUT2D eigenvalue weighted by molar-refractivity contribution is 5.94. The first kappa shape index (κ1) is 15.2. The molecule has 0 spiro atoms. The summed E-state index contributed by atoms with van der Waals surface area (Å²) in [6.45, 7) is 3.33. The van der Waals surface area contributed by atoms with Gasteiger partial charge in [-0.1, -0.05) is 12.1 Å². The van der Waals surface area contributed by atoms with Gasteiger partial charge in [0.1, 0.15) is 18.5 Å². The van der Waals surface area contributed by atoms with Gasteiger partial charge in [-0.3, -0.25) is 4.79 Å². The van der Waals surface area contributed by atoms with Crippen molar-refractivity contribution in [3.63, 3.8) is 0 Å². The lowest BCUT2D eigenvalue weighted by atomic mass is 10.2. The first-order valence-electron chi connectivity index (χ1n) is 7.66. The quantitative estimate of drug-likeness (QED) is 0.922. The van der Waals surface area contributed by atoms with E-state index in [0.717, 1.165) is 11.5 Å². The van der Waals surface area contributed by atoms with Gasteiger partial charge >= 0.3 is 0 Å². The summed E-state index contributed by atoms with van der Waals surface area (Å²) in [5.41, 5.74) is 0.589. The smallest absolute Gasteiger partial charge is 0.251 e. The predicted octanol–water partition coefficient (Wildman–Crippen LogP) is 2.66. The van der Waals surface area contributed by atoms with Crippen LogP contribution in [0.25, 0.3) is 0 Å². The maximum atomic E-state index is 12.2. The molecule has 0 fully saturated rings. The molecule has 23 heavy (non-hydrogen) atoms. The topological polar surface area (TPSA) is 56.8 Å². The van der Waals surface area contributed by atoms with E-state index in [9.17, 15) is 4.79 Å². The van der Waals surface area contributed by atoms with Gasteiger partial charge in [0.25, 0.3) is 5.91 Å². The summed E-state index contributed by atoms with van der Waals surface area (Å²) in [6, 6.07) is 14.6. The van der Waals surface area contributed by atoms with Gasteiger partial charge in [0.05, 0.1) is 13.2 Å². The third kappa shape index (κ3) is 3.74. The minimum atomic E-state index is -0.198. The second kappa shape index (κ2) is 7.05. The molecular weight excluding hydrogens is 294 g/mol. The molecule has 0 saturated heterocycles. The molecule has 1 aliphatic heterocycles. The number of hydrogen-bond donors (Lipinski definition) is 1. The van der Waals surface area contributed by atoms with Gasteiger partial charge in [0, 0.05) is 5.56 Å². The largest absolute Gasteiger partial charge is 0.494 e. The van der Waals surface area contributed by atoms with Crippen molar-refractivity contribution in [1.82, 2.24) is 5.32 Å². The van der Waals surface area contributed by atoms with Crippen molar-refractivity contribution < 1.29 is 19.0 Å². The summed E-state index contributed by atoms with van der Waals surface area (Å²) in [6.07, 6.45) is -0.198. The molecule has 0 unspecified atom stereocenters. The van der Waals surface area contributed by atoms with Crippen LogP contribution in [-0.4, -0.2) is 31.8 Å². The Morgan fingerprint density at radius 2 is 1.91 bits per heavy atom. The average Bonchev–Trinajstić information content (AvgIpc) is 2.60. The fourth-order valence-electron chi connectivity index (χ4n) is 2.34. The van der Waals surface area contributed by atoms with E-state index < -0.39 is 0 Å². The molecule has 2 aromatic rings. The van der Waals surface area contributed by atoms with Gasteiger partial charge in [-0.25, -0.2) is 0 Å². The van der Waals surface area contributed by atoms with Crippen LogP contribution in [0.1, 0.15) is 17.3 Å². The summed E-state index contributed by atoms with van der Waals surface area (Å²) >= 11 is 0. The molecule has 0 aliphatic carbocycles. The second-order valence-corrected chi connectivity index (χ2v) is 5.17. The number of ether oxygens (including phenoxy) is 3. The van der Waals surface area contributed by atoms with E-state index in [2.05, 4.69) is 5.32 Å². The Bertz CT molecular complexity index is 669. The fraction of sp³-hybridized carbons (Fsp3) is 0.278. The zero-order chi connectivity index (χ0) is 16.1. The number of nitrogens with one attached hydrogen (secondary N) is 1. The number of hydrogen-bond acceptors (Lipinski definition) is 4. The van der Waals surface area contributed by atoms with Crippen molar-refractivity contribution in [3.8, 4) is 17.2 Å². The maximum Gasteiger partial charge on any atom is 0.251 e. The van der Waals surface area contributed by atoms with Gasteiger partial charge < -0.3 is 19.5 Å². The number of fused-ring (bicyclic) bond motifs is 1. The van der Waals surface area contributed by atoms with Crippen LogP contribution in [0.4, 0.5) is 0 Å². The fourth-order valence-corrected chi connectivity index (χ4v) is 2.34. The monoisotopic (exact) mass is 313 g/mol.